The van der Waals surface area contributed by atoms with Crippen molar-refractivity contribution in [1.82, 2.24) is 0 Å². The van der Waals surface area contributed by atoms with E-state index < -0.39 is 20.9 Å². The second kappa shape index (κ2) is 4.19. The maximum Gasteiger partial charge on any atom is 0.310 e. The van der Waals surface area contributed by atoms with E-state index in [1.807, 2.05) is 0 Å². The van der Waals surface area contributed by atoms with Crippen LogP contribution in [0.2, 0.25) is 0 Å². The van der Waals surface area contributed by atoms with Gasteiger partial charge in [0.25, 0.3) is 9.05 Å². The molecule has 7 heteroatoms. The molecule has 0 aromatic heterocycles. The van der Waals surface area contributed by atoms with E-state index in [1.165, 1.54) is 18.2 Å². The number of carbonyl (C=O) groups is 1. The normalized spacial score (nSPS) is 19.2. The van der Waals surface area contributed by atoms with Gasteiger partial charge >= 0.3 is 5.97 Å². The number of hydrogen-bond acceptors (Lipinski definition) is 4. The van der Waals surface area contributed by atoms with E-state index in [2.05, 4.69) is 0 Å². The molecule has 1 aliphatic rings. The van der Waals surface area contributed by atoms with Crippen LogP contribution in [0.3, 0.4) is 0 Å². The highest BCUT2D eigenvalue weighted by Crippen LogP contribution is 2.30. The van der Waals surface area contributed by atoms with E-state index in [9.17, 15) is 13.2 Å². The first kappa shape index (κ1) is 12.2. The van der Waals surface area contributed by atoms with E-state index in [0.29, 0.717) is 11.3 Å². The van der Waals surface area contributed by atoms with Gasteiger partial charge in [0.2, 0.25) is 0 Å². The van der Waals surface area contributed by atoms with Gasteiger partial charge in [-0.2, -0.15) is 0 Å². The van der Waals surface area contributed by atoms with E-state index in [1.54, 1.807) is 0 Å². The van der Waals surface area contributed by atoms with Gasteiger partial charge in [0.05, 0.1) is 10.8 Å². The molecule has 0 amide bonds. The van der Waals surface area contributed by atoms with Crippen molar-refractivity contribution in [2.45, 2.75) is 11.3 Å². The van der Waals surface area contributed by atoms with Gasteiger partial charge in [-0.1, -0.05) is 0 Å². The zero-order valence-electron chi connectivity index (χ0n) is 8.59. The molecule has 0 saturated heterocycles. The summed E-state index contributed by atoms with van der Waals surface area (Å²) in [6, 6.07) is 4.18. The first-order chi connectivity index (χ1) is 7.88. The van der Waals surface area contributed by atoms with Gasteiger partial charge in [0.15, 0.2) is 0 Å². The summed E-state index contributed by atoms with van der Waals surface area (Å²) in [6.07, 6.45) is 0.241. The van der Waals surface area contributed by atoms with Gasteiger partial charge < -0.3 is 9.84 Å². The summed E-state index contributed by atoms with van der Waals surface area (Å²) in [6.45, 7) is 0.0926. The summed E-state index contributed by atoms with van der Waals surface area (Å²) in [5.41, 5.74) is 0.547. The van der Waals surface area contributed by atoms with E-state index in [-0.39, 0.29) is 17.9 Å². The molecule has 2 rings (SSSR count). The number of benzene rings is 1. The zero-order chi connectivity index (χ0) is 12.6. The Kier molecular flexibility index (Phi) is 3.01. The number of carboxylic acids is 1. The van der Waals surface area contributed by atoms with E-state index in [4.69, 9.17) is 20.5 Å². The Morgan fingerprint density at radius 2 is 2.18 bits per heavy atom. The van der Waals surface area contributed by atoms with Gasteiger partial charge in [-0.25, -0.2) is 8.42 Å². The van der Waals surface area contributed by atoms with Crippen LogP contribution < -0.4 is 4.74 Å². The summed E-state index contributed by atoms with van der Waals surface area (Å²) in [5, 5.41) is 8.87. The Hall–Kier alpha value is -1.27. The minimum absolute atomic E-state index is 0.0486. The Balaban J connectivity index is 2.39. The quantitative estimate of drug-likeness (QED) is 0.822. The monoisotopic (exact) mass is 276 g/mol. The average Bonchev–Trinajstić information content (AvgIpc) is 2.26. The lowest BCUT2D eigenvalue weighted by atomic mass is 9.97. The van der Waals surface area contributed by atoms with E-state index in [0.717, 1.165) is 0 Å². The molecule has 1 aromatic rings. The Morgan fingerprint density at radius 3 is 2.76 bits per heavy atom. The van der Waals surface area contributed by atoms with Crippen LogP contribution in [0, 0.1) is 5.92 Å². The van der Waals surface area contributed by atoms with Crippen LogP contribution in [0.15, 0.2) is 23.1 Å². The largest absolute Gasteiger partial charge is 0.492 e. The van der Waals surface area contributed by atoms with Crippen molar-refractivity contribution in [1.29, 1.82) is 0 Å². The maximum absolute atomic E-state index is 11.1. The molecule has 0 saturated carbocycles. The Morgan fingerprint density at radius 1 is 1.47 bits per heavy atom. The van der Waals surface area contributed by atoms with Crippen molar-refractivity contribution >= 4 is 25.7 Å². The molecular weight excluding hydrogens is 268 g/mol. The zero-order valence-corrected chi connectivity index (χ0v) is 10.2. The van der Waals surface area contributed by atoms with Crippen LogP contribution in [0.25, 0.3) is 0 Å². The highest BCUT2D eigenvalue weighted by molar-refractivity contribution is 8.13. The van der Waals surface area contributed by atoms with E-state index >= 15 is 0 Å². The van der Waals surface area contributed by atoms with Gasteiger partial charge in [-0.15, -0.1) is 0 Å². The van der Waals surface area contributed by atoms with Crippen molar-refractivity contribution < 1.29 is 23.1 Å². The van der Waals surface area contributed by atoms with Crippen LogP contribution in [-0.4, -0.2) is 26.1 Å². The van der Waals surface area contributed by atoms with Gasteiger partial charge in [0.1, 0.15) is 12.4 Å². The third kappa shape index (κ3) is 2.53. The van der Waals surface area contributed by atoms with Crippen molar-refractivity contribution in [3.05, 3.63) is 23.8 Å². The summed E-state index contributed by atoms with van der Waals surface area (Å²) in [4.78, 5) is 10.8. The summed E-state index contributed by atoms with van der Waals surface area (Å²) < 4.78 is 27.5. The predicted octanol–water partition coefficient (Wildman–Crippen LogP) is 1.25. The number of hydrogen-bond donors (Lipinski definition) is 1. The Labute approximate surface area is 102 Å². The number of carboxylic acid groups (broad SMARTS) is 1. The smallest absolute Gasteiger partial charge is 0.310 e. The second-order valence-corrected chi connectivity index (χ2v) is 6.32. The summed E-state index contributed by atoms with van der Waals surface area (Å²) >= 11 is 0. The first-order valence-corrected chi connectivity index (χ1v) is 7.12. The maximum atomic E-state index is 11.1. The molecule has 1 atom stereocenters. The van der Waals surface area contributed by atoms with Crippen molar-refractivity contribution in [2.75, 3.05) is 6.61 Å². The lowest BCUT2D eigenvalue weighted by Gasteiger charge is -2.22. The highest BCUT2D eigenvalue weighted by atomic mass is 35.7. The lowest BCUT2D eigenvalue weighted by molar-refractivity contribution is -0.143. The number of rotatable bonds is 2. The molecule has 1 aliphatic heterocycles. The molecule has 0 unspecified atom stereocenters. The number of halogens is 1. The van der Waals surface area contributed by atoms with Gasteiger partial charge in [0, 0.05) is 10.7 Å². The molecule has 0 bridgehead atoms. The fourth-order valence-electron chi connectivity index (χ4n) is 1.68. The molecule has 0 spiro atoms. The first-order valence-electron chi connectivity index (χ1n) is 4.81. The van der Waals surface area contributed by atoms with Gasteiger partial charge in [-0.05, 0) is 30.2 Å². The Bertz CT molecular complexity index is 566. The minimum atomic E-state index is -3.80. The summed E-state index contributed by atoms with van der Waals surface area (Å²) in [7, 11) is 1.41. The predicted molar refractivity (Wildman–Crippen MR) is 59.8 cm³/mol. The van der Waals surface area contributed by atoms with Crippen LogP contribution >= 0.6 is 10.7 Å². The molecule has 5 nitrogen and oxygen atoms in total. The molecule has 17 heavy (non-hydrogen) atoms. The SMILES string of the molecule is O=C(O)[C@@H]1COc2ccc(S(=O)(=O)Cl)cc2C1. The third-order valence-corrected chi connectivity index (χ3v) is 3.92. The average molecular weight is 277 g/mol. The topological polar surface area (TPSA) is 80.7 Å². The van der Waals surface area contributed by atoms with Crippen LogP contribution in [-0.2, 0) is 20.3 Å². The molecule has 1 heterocycles. The molecule has 0 fully saturated rings. The highest BCUT2D eigenvalue weighted by Gasteiger charge is 2.26. The standard InChI is InChI=1S/C10H9ClO5S/c11-17(14,15)8-1-2-9-6(4-8)3-7(5-16-9)10(12)13/h1-2,4,7H,3,5H2,(H,12,13)/t7-/m0/s1. The van der Waals surface area contributed by atoms with Crippen LogP contribution in [0.1, 0.15) is 5.56 Å². The van der Waals surface area contributed by atoms with Crippen molar-refractivity contribution in [3.63, 3.8) is 0 Å². The van der Waals surface area contributed by atoms with Crippen molar-refractivity contribution in [2.24, 2.45) is 5.92 Å². The number of aliphatic carboxylic acids is 1. The molecule has 92 valence electrons. The molecule has 1 N–H and O–H groups in total. The fraction of sp³-hybridized carbons (Fsp3) is 0.300. The molecule has 1 aromatic carbocycles. The lowest BCUT2D eigenvalue weighted by Crippen LogP contribution is -2.27. The number of ether oxygens (including phenoxy) is 1. The molecule has 0 radical (unpaired) electrons. The third-order valence-electron chi connectivity index (χ3n) is 2.57. The van der Waals surface area contributed by atoms with Crippen LogP contribution in [0.4, 0.5) is 0 Å². The fourth-order valence-corrected chi connectivity index (χ4v) is 2.48. The van der Waals surface area contributed by atoms with Crippen molar-refractivity contribution in [3.8, 4) is 5.75 Å². The minimum Gasteiger partial charge on any atom is -0.492 e. The second-order valence-electron chi connectivity index (χ2n) is 3.76. The summed E-state index contributed by atoms with van der Waals surface area (Å²) in [5.74, 6) is -1.11. The van der Waals surface area contributed by atoms with Gasteiger partial charge in [-0.3, -0.25) is 4.79 Å². The number of fused-ring (bicyclic) bond motifs is 1. The molecular formula is C10H9ClO5S. The van der Waals surface area contributed by atoms with Crippen LogP contribution in [0.5, 0.6) is 5.75 Å². The molecule has 0 aliphatic carbocycles.